The molecule has 0 unspecified atom stereocenters. The smallest absolute Gasteiger partial charge is 0.353 e. The number of rotatable bonds is 5. The molecule has 0 bridgehead atoms. The second-order valence-electron chi connectivity index (χ2n) is 9.97. The van der Waals surface area contributed by atoms with Gasteiger partial charge in [0.1, 0.15) is 23.5 Å². The number of hydrogen-bond acceptors (Lipinski definition) is 7. The topological polar surface area (TPSA) is 68.7 Å². The van der Waals surface area contributed by atoms with Gasteiger partial charge >= 0.3 is 6.18 Å². The SMILES string of the molecule is CN(C)C(=O)[C@@H]1CCCN1c1nc(-c2ccc(F)c(Cl)c2)cc(N2CCN(c3ncccc3C(F)(F)F)CC2)n1. The molecule has 0 aliphatic carbocycles. The van der Waals surface area contributed by atoms with Crippen LogP contribution in [-0.2, 0) is 11.0 Å². The first kappa shape index (κ1) is 27.9. The second-order valence-corrected chi connectivity index (χ2v) is 10.4. The average molecular weight is 578 g/mol. The molecular formula is C27H28ClF4N7O. The molecule has 0 N–H and O–H groups in total. The van der Waals surface area contributed by atoms with Gasteiger partial charge in [0.05, 0.1) is 16.3 Å². The first-order chi connectivity index (χ1) is 19.0. The maximum absolute atomic E-state index is 13.9. The summed E-state index contributed by atoms with van der Waals surface area (Å²) in [6.07, 6.45) is -1.70. The minimum absolute atomic E-state index is 0.0505. The van der Waals surface area contributed by atoms with Gasteiger partial charge in [0.2, 0.25) is 11.9 Å². The number of pyridine rings is 1. The van der Waals surface area contributed by atoms with Gasteiger partial charge in [0, 0.05) is 64.6 Å². The predicted molar refractivity (Wildman–Crippen MR) is 145 cm³/mol. The van der Waals surface area contributed by atoms with E-state index in [2.05, 4.69) is 4.98 Å². The fourth-order valence-electron chi connectivity index (χ4n) is 5.09. The van der Waals surface area contributed by atoms with Crippen molar-refractivity contribution in [1.82, 2.24) is 19.9 Å². The van der Waals surface area contributed by atoms with Crippen LogP contribution >= 0.6 is 11.6 Å². The van der Waals surface area contributed by atoms with Crippen molar-refractivity contribution < 1.29 is 22.4 Å². The van der Waals surface area contributed by atoms with Crippen LogP contribution in [0.4, 0.5) is 35.1 Å². The van der Waals surface area contributed by atoms with Crippen molar-refractivity contribution in [3.63, 3.8) is 0 Å². The van der Waals surface area contributed by atoms with E-state index in [0.29, 0.717) is 62.2 Å². The van der Waals surface area contributed by atoms with Gasteiger partial charge in [-0.1, -0.05) is 11.6 Å². The molecule has 0 spiro atoms. The maximum atomic E-state index is 13.9. The summed E-state index contributed by atoms with van der Waals surface area (Å²) < 4.78 is 54.6. The van der Waals surface area contributed by atoms with Gasteiger partial charge in [-0.15, -0.1) is 0 Å². The molecule has 5 rings (SSSR count). The highest BCUT2D eigenvalue weighted by atomic mass is 35.5. The molecule has 3 aromatic rings. The fraction of sp³-hybridized carbons (Fsp3) is 0.407. The predicted octanol–water partition coefficient (Wildman–Crippen LogP) is 4.73. The van der Waals surface area contributed by atoms with E-state index in [1.165, 1.54) is 24.4 Å². The number of halogens is 5. The normalized spacial score (nSPS) is 17.9. The Morgan fingerprint density at radius 1 is 1.02 bits per heavy atom. The molecule has 0 radical (unpaired) electrons. The highest BCUT2D eigenvalue weighted by molar-refractivity contribution is 6.31. The number of piperazine rings is 1. The molecule has 1 amide bonds. The highest BCUT2D eigenvalue weighted by Crippen LogP contribution is 2.36. The van der Waals surface area contributed by atoms with Crippen molar-refractivity contribution in [1.29, 1.82) is 0 Å². The van der Waals surface area contributed by atoms with E-state index in [9.17, 15) is 22.4 Å². The number of carbonyl (C=O) groups excluding carboxylic acids is 1. The number of nitrogens with zero attached hydrogens (tertiary/aromatic N) is 7. The number of anilines is 3. The second kappa shape index (κ2) is 11.1. The maximum Gasteiger partial charge on any atom is 0.419 e. The van der Waals surface area contributed by atoms with Crippen LogP contribution in [0.2, 0.25) is 5.02 Å². The first-order valence-electron chi connectivity index (χ1n) is 12.9. The van der Waals surface area contributed by atoms with Gasteiger partial charge < -0.3 is 19.6 Å². The molecule has 4 heterocycles. The first-order valence-corrected chi connectivity index (χ1v) is 13.2. The van der Waals surface area contributed by atoms with Crippen LogP contribution in [0.3, 0.4) is 0 Å². The van der Waals surface area contributed by atoms with Crippen molar-refractivity contribution in [2.24, 2.45) is 0 Å². The van der Waals surface area contributed by atoms with Crippen LogP contribution in [0.1, 0.15) is 18.4 Å². The third kappa shape index (κ3) is 5.63. The Hall–Kier alpha value is -3.67. The third-order valence-electron chi connectivity index (χ3n) is 7.15. The summed E-state index contributed by atoms with van der Waals surface area (Å²) in [6.45, 7) is 1.94. The van der Waals surface area contributed by atoms with E-state index in [1.54, 1.807) is 36.0 Å². The number of alkyl halides is 3. The number of likely N-dealkylation sites (N-methyl/N-ethyl adjacent to an activating group) is 1. The molecule has 1 atom stereocenters. The Morgan fingerprint density at radius 3 is 2.42 bits per heavy atom. The summed E-state index contributed by atoms with van der Waals surface area (Å²) in [5.41, 5.74) is 0.304. The summed E-state index contributed by atoms with van der Waals surface area (Å²) in [5, 5.41) is -0.0505. The molecule has 13 heteroatoms. The monoisotopic (exact) mass is 577 g/mol. The van der Waals surface area contributed by atoms with E-state index in [1.807, 2.05) is 9.80 Å². The highest BCUT2D eigenvalue weighted by Gasteiger charge is 2.37. The lowest BCUT2D eigenvalue weighted by Gasteiger charge is -2.37. The Labute approximate surface area is 234 Å². The molecule has 2 fully saturated rings. The minimum Gasteiger partial charge on any atom is -0.353 e. The molecule has 2 saturated heterocycles. The van der Waals surface area contributed by atoms with Gasteiger partial charge in [-0.05, 0) is 43.2 Å². The van der Waals surface area contributed by atoms with E-state index in [-0.39, 0.29) is 16.7 Å². The summed E-state index contributed by atoms with van der Waals surface area (Å²) >= 11 is 6.06. The van der Waals surface area contributed by atoms with E-state index < -0.39 is 23.6 Å². The van der Waals surface area contributed by atoms with Crippen molar-refractivity contribution in [2.45, 2.75) is 25.1 Å². The molecule has 1 aromatic carbocycles. The Bertz CT molecular complexity index is 1400. The molecule has 8 nitrogen and oxygen atoms in total. The standard InChI is InChI=1S/C27H28ClF4N7O/c1-36(2)25(40)22-6-4-10-39(22)26-34-21(17-7-8-20(29)19(28)15-17)16-23(35-26)37-11-13-38(14-12-37)24-18(27(30,31)32)5-3-9-33-24/h3,5,7-9,15-16,22H,4,6,10-14H2,1-2H3/t22-/m0/s1. The van der Waals surface area contributed by atoms with Gasteiger partial charge in [0.15, 0.2) is 0 Å². The van der Waals surface area contributed by atoms with Crippen molar-refractivity contribution >= 4 is 35.1 Å². The molecule has 212 valence electrons. The minimum atomic E-state index is -4.51. The fourth-order valence-corrected chi connectivity index (χ4v) is 5.27. The molecule has 2 aromatic heterocycles. The van der Waals surface area contributed by atoms with Crippen LogP contribution < -0.4 is 14.7 Å². The molecular weight excluding hydrogens is 550 g/mol. The van der Waals surface area contributed by atoms with Crippen molar-refractivity contribution in [2.75, 3.05) is 61.5 Å². The van der Waals surface area contributed by atoms with Gasteiger partial charge in [-0.2, -0.15) is 18.2 Å². The average Bonchev–Trinajstić information content (AvgIpc) is 3.43. The van der Waals surface area contributed by atoms with Crippen molar-refractivity contribution in [3.8, 4) is 11.3 Å². The van der Waals surface area contributed by atoms with Crippen LogP contribution in [0.5, 0.6) is 0 Å². The number of amides is 1. The zero-order valence-electron chi connectivity index (χ0n) is 22.0. The summed E-state index contributed by atoms with van der Waals surface area (Å²) in [4.78, 5) is 33.4. The van der Waals surface area contributed by atoms with E-state index in [0.717, 1.165) is 12.5 Å². The summed E-state index contributed by atoms with van der Waals surface area (Å²) in [5.74, 6) is 0.210. The third-order valence-corrected chi connectivity index (χ3v) is 7.44. The quantitative estimate of drug-likeness (QED) is 0.406. The zero-order valence-corrected chi connectivity index (χ0v) is 22.8. The summed E-state index contributed by atoms with van der Waals surface area (Å²) in [7, 11) is 3.40. The van der Waals surface area contributed by atoms with Gasteiger partial charge in [0.25, 0.3) is 0 Å². The van der Waals surface area contributed by atoms with E-state index in [4.69, 9.17) is 21.6 Å². The Kier molecular flexibility index (Phi) is 7.72. The molecule has 2 aliphatic rings. The molecule has 40 heavy (non-hydrogen) atoms. The number of aromatic nitrogens is 3. The Balaban J connectivity index is 1.47. The van der Waals surface area contributed by atoms with Crippen molar-refractivity contribution in [3.05, 3.63) is 59.0 Å². The lowest BCUT2D eigenvalue weighted by Crippen LogP contribution is -2.48. The zero-order chi connectivity index (χ0) is 28.6. The largest absolute Gasteiger partial charge is 0.419 e. The number of benzene rings is 1. The summed E-state index contributed by atoms with van der Waals surface area (Å²) in [6, 6.07) is 7.96. The van der Waals surface area contributed by atoms with Crippen LogP contribution in [-0.4, -0.2) is 78.6 Å². The van der Waals surface area contributed by atoms with E-state index >= 15 is 0 Å². The molecule has 0 saturated carbocycles. The van der Waals surface area contributed by atoms with Crippen LogP contribution in [0.15, 0.2) is 42.6 Å². The Morgan fingerprint density at radius 2 is 1.75 bits per heavy atom. The lowest BCUT2D eigenvalue weighted by molar-refractivity contribution is -0.137. The lowest BCUT2D eigenvalue weighted by atomic mass is 10.1. The van der Waals surface area contributed by atoms with Crippen LogP contribution in [0, 0.1) is 5.82 Å². The van der Waals surface area contributed by atoms with Crippen LogP contribution in [0.25, 0.3) is 11.3 Å². The van der Waals surface area contributed by atoms with Gasteiger partial charge in [-0.25, -0.2) is 14.4 Å². The number of carbonyl (C=O) groups is 1. The molecule has 2 aliphatic heterocycles. The van der Waals surface area contributed by atoms with Gasteiger partial charge in [-0.3, -0.25) is 4.79 Å². The number of hydrogen-bond donors (Lipinski definition) is 0.